The van der Waals surface area contributed by atoms with Crippen molar-refractivity contribution < 1.29 is 18.0 Å². The summed E-state index contributed by atoms with van der Waals surface area (Å²) in [5.41, 5.74) is 0.136. The molecule has 0 radical (unpaired) electrons. The Morgan fingerprint density at radius 2 is 1.71 bits per heavy atom. The van der Waals surface area contributed by atoms with Crippen molar-refractivity contribution >= 4 is 17.7 Å². The summed E-state index contributed by atoms with van der Waals surface area (Å²) in [7, 11) is 0. The first-order valence-corrected chi connectivity index (χ1v) is 6.16. The van der Waals surface area contributed by atoms with Crippen LogP contribution in [0.1, 0.15) is 11.1 Å². The van der Waals surface area contributed by atoms with Gasteiger partial charge in [-0.1, -0.05) is 36.4 Å². The van der Waals surface area contributed by atoms with Crippen LogP contribution in [0.5, 0.6) is 0 Å². The first-order chi connectivity index (χ1) is 9.95. The second kappa shape index (κ2) is 6.26. The standard InChI is InChI=1S/C16H12F3NO/c17-16(18,19)13-7-4-8-14(11-13)20-15(21)10-9-12-5-2-1-3-6-12/h1-11H,(H,20,21). The van der Waals surface area contributed by atoms with E-state index in [4.69, 9.17) is 0 Å². The van der Waals surface area contributed by atoms with Gasteiger partial charge in [0.1, 0.15) is 0 Å². The van der Waals surface area contributed by atoms with Gasteiger partial charge in [-0.2, -0.15) is 13.2 Å². The first kappa shape index (κ1) is 14.8. The number of nitrogens with one attached hydrogen (secondary N) is 1. The summed E-state index contributed by atoms with van der Waals surface area (Å²) in [6.07, 6.45) is -1.57. The van der Waals surface area contributed by atoms with Gasteiger partial charge >= 0.3 is 6.18 Å². The smallest absolute Gasteiger partial charge is 0.322 e. The van der Waals surface area contributed by atoms with Crippen LogP contribution in [-0.4, -0.2) is 5.91 Å². The number of hydrogen-bond donors (Lipinski definition) is 1. The van der Waals surface area contributed by atoms with E-state index in [9.17, 15) is 18.0 Å². The molecule has 2 aromatic rings. The Labute approximate surface area is 119 Å². The summed E-state index contributed by atoms with van der Waals surface area (Å²) in [6, 6.07) is 13.6. The number of rotatable bonds is 3. The third-order valence-corrected chi connectivity index (χ3v) is 2.68. The fourth-order valence-electron chi connectivity index (χ4n) is 1.69. The molecule has 0 atom stereocenters. The second-order valence-electron chi connectivity index (χ2n) is 4.31. The molecule has 1 amide bonds. The molecule has 0 bridgehead atoms. The van der Waals surface area contributed by atoms with Crippen LogP contribution in [-0.2, 0) is 11.0 Å². The van der Waals surface area contributed by atoms with E-state index in [0.29, 0.717) is 0 Å². The van der Waals surface area contributed by atoms with Gasteiger partial charge in [0, 0.05) is 11.8 Å². The van der Waals surface area contributed by atoms with E-state index in [1.165, 1.54) is 18.2 Å². The molecular formula is C16H12F3NO. The molecule has 108 valence electrons. The Morgan fingerprint density at radius 3 is 2.38 bits per heavy atom. The number of hydrogen-bond acceptors (Lipinski definition) is 1. The molecule has 0 heterocycles. The Kier molecular flexibility index (Phi) is 4.42. The molecule has 0 unspecified atom stereocenters. The maximum absolute atomic E-state index is 12.5. The van der Waals surface area contributed by atoms with Gasteiger partial charge in [0.25, 0.3) is 0 Å². The molecule has 21 heavy (non-hydrogen) atoms. The molecule has 0 aromatic heterocycles. The molecule has 2 rings (SSSR count). The van der Waals surface area contributed by atoms with E-state index in [2.05, 4.69) is 5.32 Å². The zero-order valence-electron chi connectivity index (χ0n) is 10.9. The normalized spacial score (nSPS) is 11.6. The monoisotopic (exact) mass is 291 g/mol. The predicted octanol–water partition coefficient (Wildman–Crippen LogP) is 4.36. The highest BCUT2D eigenvalue weighted by molar-refractivity contribution is 6.01. The van der Waals surface area contributed by atoms with Crippen molar-refractivity contribution in [2.75, 3.05) is 5.32 Å². The van der Waals surface area contributed by atoms with E-state index >= 15 is 0 Å². The summed E-state index contributed by atoms with van der Waals surface area (Å²) < 4.78 is 37.6. The van der Waals surface area contributed by atoms with Crippen LogP contribution in [0.4, 0.5) is 18.9 Å². The van der Waals surface area contributed by atoms with Gasteiger partial charge in [-0.25, -0.2) is 0 Å². The molecular weight excluding hydrogens is 279 g/mol. The molecule has 0 aliphatic carbocycles. The van der Waals surface area contributed by atoms with Crippen molar-refractivity contribution in [3.63, 3.8) is 0 Å². The molecule has 0 saturated heterocycles. The fraction of sp³-hybridized carbons (Fsp3) is 0.0625. The van der Waals surface area contributed by atoms with Crippen LogP contribution in [0.3, 0.4) is 0 Å². The summed E-state index contributed by atoms with van der Waals surface area (Å²) >= 11 is 0. The molecule has 5 heteroatoms. The summed E-state index contributed by atoms with van der Waals surface area (Å²) in [6.45, 7) is 0. The molecule has 0 aliphatic rings. The largest absolute Gasteiger partial charge is 0.416 e. The average molecular weight is 291 g/mol. The number of carbonyl (C=O) groups is 1. The molecule has 2 aromatic carbocycles. The fourth-order valence-corrected chi connectivity index (χ4v) is 1.69. The van der Waals surface area contributed by atoms with Crippen molar-refractivity contribution in [3.8, 4) is 0 Å². The lowest BCUT2D eigenvalue weighted by molar-refractivity contribution is -0.137. The van der Waals surface area contributed by atoms with E-state index < -0.39 is 17.6 Å². The van der Waals surface area contributed by atoms with Crippen LogP contribution in [0.25, 0.3) is 6.08 Å². The number of halogens is 3. The molecule has 1 N–H and O–H groups in total. The van der Waals surface area contributed by atoms with Gasteiger partial charge in [0.05, 0.1) is 5.56 Å². The van der Waals surface area contributed by atoms with Crippen LogP contribution in [0.15, 0.2) is 60.7 Å². The van der Waals surface area contributed by atoms with Crippen molar-refractivity contribution in [1.29, 1.82) is 0 Å². The minimum absolute atomic E-state index is 0.104. The van der Waals surface area contributed by atoms with Crippen molar-refractivity contribution in [2.24, 2.45) is 0 Å². The summed E-state index contributed by atoms with van der Waals surface area (Å²) in [5.74, 6) is -0.488. The third kappa shape index (κ3) is 4.49. The molecule has 0 fully saturated rings. The predicted molar refractivity (Wildman–Crippen MR) is 75.5 cm³/mol. The quantitative estimate of drug-likeness (QED) is 0.836. The van der Waals surface area contributed by atoms with Gasteiger partial charge in [-0.3, -0.25) is 4.79 Å². The second-order valence-corrected chi connectivity index (χ2v) is 4.31. The Balaban J connectivity index is 2.05. The zero-order valence-corrected chi connectivity index (χ0v) is 10.9. The zero-order chi connectivity index (χ0) is 15.3. The van der Waals surface area contributed by atoms with Crippen molar-refractivity contribution in [2.45, 2.75) is 6.18 Å². The van der Waals surface area contributed by atoms with Gasteiger partial charge < -0.3 is 5.32 Å². The van der Waals surface area contributed by atoms with Crippen molar-refractivity contribution in [1.82, 2.24) is 0 Å². The average Bonchev–Trinajstić information content (AvgIpc) is 2.46. The van der Waals surface area contributed by atoms with Crippen molar-refractivity contribution in [3.05, 3.63) is 71.8 Å². The lowest BCUT2D eigenvalue weighted by Crippen LogP contribution is -2.10. The van der Waals surface area contributed by atoms with E-state index in [1.54, 1.807) is 6.08 Å². The Morgan fingerprint density at radius 1 is 1.00 bits per heavy atom. The van der Waals surface area contributed by atoms with Gasteiger partial charge in [-0.05, 0) is 29.8 Å². The Hall–Kier alpha value is -2.56. The molecule has 0 aliphatic heterocycles. The van der Waals surface area contributed by atoms with Crippen LogP contribution in [0, 0.1) is 0 Å². The maximum atomic E-state index is 12.5. The number of benzene rings is 2. The number of anilines is 1. The lowest BCUT2D eigenvalue weighted by atomic mass is 10.2. The van der Waals surface area contributed by atoms with Crippen LogP contribution >= 0.6 is 0 Å². The molecule has 2 nitrogen and oxygen atoms in total. The van der Waals surface area contributed by atoms with Gasteiger partial charge in [0.2, 0.25) is 5.91 Å². The summed E-state index contributed by atoms with van der Waals surface area (Å²) in [5, 5.41) is 2.40. The van der Waals surface area contributed by atoms with Gasteiger partial charge in [-0.15, -0.1) is 0 Å². The van der Waals surface area contributed by atoms with E-state index in [-0.39, 0.29) is 5.69 Å². The highest BCUT2D eigenvalue weighted by Gasteiger charge is 2.30. The maximum Gasteiger partial charge on any atom is 0.416 e. The van der Waals surface area contributed by atoms with Gasteiger partial charge in [0.15, 0.2) is 0 Å². The van der Waals surface area contributed by atoms with E-state index in [1.807, 2.05) is 30.3 Å². The van der Waals surface area contributed by atoms with Crippen LogP contribution in [0.2, 0.25) is 0 Å². The van der Waals surface area contributed by atoms with E-state index in [0.717, 1.165) is 17.7 Å². The Bertz CT molecular complexity index is 648. The molecule has 0 spiro atoms. The molecule has 0 saturated carbocycles. The number of alkyl halides is 3. The highest BCUT2D eigenvalue weighted by Crippen LogP contribution is 2.30. The highest BCUT2D eigenvalue weighted by atomic mass is 19.4. The topological polar surface area (TPSA) is 29.1 Å². The third-order valence-electron chi connectivity index (χ3n) is 2.68. The number of carbonyl (C=O) groups excluding carboxylic acids is 1. The minimum Gasteiger partial charge on any atom is -0.322 e. The summed E-state index contributed by atoms with van der Waals surface area (Å²) in [4.78, 5) is 11.7. The SMILES string of the molecule is O=C(C=Cc1ccccc1)Nc1cccc(C(F)(F)F)c1. The first-order valence-electron chi connectivity index (χ1n) is 6.16. The van der Waals surface area contributed by atoms with Crippen LogP contribution < -0.4 is 5.32 Å². The minimum atomic E-state index is -4.43. The number of amides is 1. The lowest BCUT2D eigenvalue weighted by Gasteiger charge is -2.08.